The summed E-state index contributed by atoms with van der Waals surface area (Å²) >= 11 is 0. The Morgan fingerprint density at radius 2 is 1.67 bits per heavy atom. The van der Waals surface area contributed by atoms with Gasteiger partial charge in [-0.15, -0.1) is 0 Å². The highest BCUT2D eigenvalue weighted by molar-refractivity contribution is 7.92. The predicted octanol–water partition coefficient (Wildman–Crippen LogP) is 2.28. The lowest BCUT2D eigenvalue weighted by molar-refractivity contribution is -0.121. The van der Waals surface area contributed by atoms with Gasteiger partial charge in [-0.1, -0.05) is 25.0 Å². The number of nitrogens with zero attached hydrogens (tertiary/aromatic N) is 1. The first-order chi connectivity index (χ1) is 12.9. The SMILES string of the molecule is C[C@@H](C(=O)NC1CCCC1)S(=O)(=O)Cc1ccc(C(=O)N2CCCC2)cc1. The van der Waals surface area contributed by atoms with Gasteiger partial charge in [0.15, 0.2) is 9.84 Å². The Morgan fingerprint density at radius 3 is 2.26 bits per heavy atom. The number of likely N-dealkylation sites (tertiary alicyclic amines) is 1. The van der Waals surface area contributed by atoms with Crippen LogP contribution in [0.15, 0.2) is 24.3 Å². The predicted molar refractivity (Wildman–Crippen MR) is 104 cm³/mol. The van der Waals surface area contributed by atoms with E-state index in [1.54, 1.807) is 24.3 Å². The molecule has 0 aromatic heterocycles. The summed E-state index contributed by atoms with van der Waals surface area (Å²) in [5.41, 5.74) is 1.17. The van der Waals surface area contributed by atoms with Gasteiger partial charge < -0.3 is 10.2 Å². The van der Waals surface area contributed by atoms with E-state index < -0.39 is 21.0 Å². The number of carbonyl (C=O) groups is 2. The molecule has 0 unspecified atom stereocenters. The summed E-state index contributed by atoms with van der Waals surface area (Å²) in [4.78, 5) is 26.5. The molecule has 7 heteroatoms. The van der Waals surface area contributed by atoms with E-state index in [0.29, 0.717) is 11.1 Å². The standard InChI is InChI=1S/C20H28N2O4S/c1-15(19(23)21-18-6-2-3-7-18)27(25,26)14-16-8-10-17(11-9-16)20(24)22-12-4-5-13-22/h8-11,15,18H,2-7,12-14H2,1H3,(H,21,23)/t15-/m0/s1. The molecule has 0 radical (unpaired) electrons. The third-order valence-corrected chi connectivity index (χ3v) is 7.60. The Bertz CT molecular complexity index is 777. The van der Waals surface area contributed by atoms with Crippen molar-refractivity contribution in [1.29, 1.82) is 0 Å². The lowest BCUT2D eigenvalue weighted by Crippen LogP contribution is -2.42. The van der Waals surface area contributed by atoms with Crippen LogP contribution in [0.5, 0.6) is 0 Å². The van der Waals surface area contributed by atoms with Gasteiger partial charge in [0.25, 0.3) is 5.91 Å². The Hall–Kier alpha value is -1.89. The number of sulfone groups is 1. The van der Waals surface area contributed by atoms with Crippen LogP contribution in [0.25, 0.3) is 0 Å². The normalized spacial score (nSPS) is 19.2. The Morgan fingerprint density at radius 1 is 1.07 bits per heavy atom. The molecule has 148 valence electrons. The molecule has 2 amide bonds. The second-order valence-electron chi connectivity index (χ2n) is 7.64. The van der Waals surface area contributed by atoms with Crippen molar-refractivity contribution in [3.63, 3.8) is 0 Å². The highest BCUT2D eigenvalue weighted by Crippen LogP contribution is 2.19. The average molecular weight is 393 g/mol. The van der Waals surface area contributed by atoms with Gasteiger partial charge in [0.05, 0.1) is 5.75 Å². The maximum Gasteiger partial charge on any atom is 0.253 e. The van der Waals surface area contributed by atoms with Crippen molar-refractivity contribution in [3.05, 3.63) is 35.4 Å². The second-order valence-corrected chi connectivity index (χ2v) is 9.96. The molecule has 1 aliphatic heterocycles. The van der Waals surface area contributed by atoms with E-state index in [0.717, 1.165) is 51.6 Å². The molecule has 2 aliphatic rings. The zero-order valence-corrected chi connectivity index (χ0v) is 16.6. The van der Waals surface area contributed by atoms with Crippen LogP contribution >= 0.6 is 0 Å². The summed E-state index contributed by atoms with van der Waals surface area (Å²) in [6.07, 6.45) is 6.06. The molecule has 0 spiro atoms. The fourth-order valence-corrected chi connectivity index (χ4v) is 5.06. The Kier molecular flexibility index (Phi) is 6.19. The van der Waals surface area contributed by atoms with Gasteiger partial charge in [0.2, 0.25) is 5.91 Å². The average Bonchev–Trinajstić information content (AvgIpc) is 3.34. The number of nitrogens with one attached hydrogen (secondary N) is 1. The van der Waals surface area contributed by atoms with Gasteiger partial charge in [0.1, 0.15) is 5.25 Å². The number of benzene rings is 1. The van der Waals surface area contributed by atoms with E-state index >= 15 is 0 Å². The molecule has 0 bridgehead atoms. The first kappa shape index (κ1) is 19.9. The van der Waals surface area contributed by atoms with Gasteiger partial charge in [-0.3, -0.25) is 9.59 Å². The molecule has 1 atom stereocenters. The van der Waals surface area contributed by atoms with E-state index in [2.05, 4.69) is 5.32 Å². The third-order valence-electron chi connectivity index (χ3n) is 5.57. The second kappa shape index (κ2) is 8.42. The van der Waals surface area contributed by atoms with E-state index in [1.807, 2.05) is 4.90 Å². The van der Waals surface area contributed by atoms with Crippen LogP contribution < -0.4 is 5.32 Å². The molecule has 3 rings (SSSR count). The topological polar surface area (TPSA) is 83.5 Å². The minimum Gasteiger partial charge on any atom is -0.352 e. The van der Waals surface area contributed by atoms with E-state index in [9.17, 15) is 18.0 Å². The first-order valence-corrected chi connectivity index (χ1v) is 11.5. The maximum atomic E-state index is 12.6. The molecule has 27 heavy (non-hydrogen) atoms. The van der Waals surface area contributed by atoms with Gasteiger partial charge in [-0.05, 0) is 50.3 Å². The van der Waals surface area contributed by atoms with Crippen molar-refractivity contribution in [3.8, 4) is 0 Å². The molecular weight excluding hydrogens is 364 g/mol. The zero-order chi connectivity index (χ0) is 19.4. The van der Waals surface area contributed by atoms with Crippen molar-refractivity contribution < 1.29 is 18.0 Å². The Balaban J connectivity index is 1.60. The zero-order valence-electron chi connectivity index (χ0n) is 15.8. The molecule has 1 aromatic carbocycles. The molecular formula is C20H28N2O4S. The van der Waals surface area contributed by atoms with Gasteiger partial charge in [0, 0.05) is 24.7 Å². The number of carbonyl (C=O) groups excluding carboxylic acids is 2. The number of hydrogen-bond donors (Lipinski definition) is 1. The molecule has 1 saturated carbocycles. The molecule has 1 N–H and O–H groups in total. The minimum atomic E-state index is -3.61. The Labute approximate surface area is 161 Å². The highest BCUT2D eigenvalue weighted by Gasteiger charge is 2.30. The molecule has 6 nitrogen and oxygen atoms in total. The summed E-state index contributed by atoms with van der Waals surface area (Å²) in [6, 6.07) is 6.79. The van der Waals surface area contributed by atoms with Gasteiger partial charge >= 0.3 is 0 Å². The third kappa shape index (κ3) is 4.89. The van der Waals surface area contributed by atoms with Crippen LogP contribution in [-0.4, -0.2) is 49.5 Å². The van der Waals surface area contributed by atoms with E-state index in [1.165, 1.54) is 6.92 Å². The van der Waals surface area contributed by atoms with Crippen molar-refractivity contribution in [2.45, 2.75) is 62.5 Å². The number of amides is 2. The summed E-state index contributed by atoms with van der Waals surface area (Å²) in [6.45, 7) is 3.01. The van der Waals surface area contributed by atoms with Crippen LogP contribution in [0.4, 0.5) is 0 Å². The first-order valence-electron chi connectivity index (χ1n) is 9.77. The van der Waals surface area contributed by atoms with Crippen LogP contribution in [0.1, 0.15) is 61.4 Å². The van der Waals surface area contributed by atoms with Crippen molar-refractivity contribution in [2.24, 2.45) is 0 Å². The van der Waals surface area contributed by atoms with Gasteiger partial charge in [-0.25, -0.2) is 8.42 Å². The largest absolute Gasteiger partial charge is 0.352 e. The number of rotatable bonds is 6. The van der Waals surface area contributed by atoms with Crippen LogP contribution in [0.2, 0.25) is 0 Å². The van der Waals surface area contributed by atoms with E-state index in [4.69, 9.17) is 0 Å². The summed E-state index contributed by atoms with van der Waals surface area (Å²) < 4.78 is 25.2. The highest BCUT2D eigenvalue weighted by atomic mass is 32.2. The summed E-state index contributed by atoms with van der Waals surface area (Å²) in [5.74, 6) is -0.626. The molecule has 1 saturated heterocycles. The monoisotopic (exact) mass is 392 g/mol. The van der Waals surface area contributed by atoms with E-state index in [-0.39, 0.29) is 17.7 Å². The molecule has 1 heterocycles. The lowest BCUT2D eigenvalue weighted by Gasteiger charge is -2.17. The smallest absolute Gasteiger partial charge is 0.253 e. The molecule has 1 aromatic rings. The molecule has 1 aliphatic carbocycles. The quantitative estimate of drug-likeness (QED) is 0.805. The maximum absolute atomic E-state index is 12.6. The summed E-state index contributed by atoms with van der Waals surface area (Å²) in [5, 5.41) is 1.78. The van der Waals surface area contributed by atoms with Crippen LogP contribution in [-0.2, 0) is 20.4 Å². The fraction of sp³-hybridized carbons (Fsp3) is 0.600. The van der Waals surface area contributed by atoms with Crippen LogP contribution in [0.3, 0.4) is 0 Å². The molecule has 2 fully saturated rings. The lowest BCUT2D eigenvalue weighted by atomic mass is 10.1. The van der Waals surface area contributed by atoms with Crippen LogP contribution in [0, 0.1) is 0 Å². The van der Waals surface area contributed by atoms with Crippen molar-refractivity contribution >= 4 is 21.7 Å². The number of hydrogen-bond acceptors (Lipinski definition) is 4. The van der Waals surface area contributed by atoms with Gasteiger partial charge in [-0.2, -0.15) is 0 Å². The fourth-order valence-electron chi connectivity index (χ4n) is 3.76. The minimum absolute atomic E-state index is 0.00813. The van der Waals surface area contributed by atoms with Crippen molar-refractivity contribution in [2.75, 3.05) is 13.1 Å². The summed E-state index contributed by atoms with van der Waals surface area (Å²) in [7, 11) is -3.61. The van der Waals surface area contributed by atoms with Crippen molar-refractivity contribution in [1.82, 2.24) is 10.2 Å².